The van der Waals surface area contributed by atoms with Crippen LogP contribution in [0.2, 0.25) is 0 Å². The minimum atomic E-state index is 0.182. The SMILES string of the molecule is COc1cc(CNC[C@H](c2ccco2)N(C)C)ccc1OCc1csc(C)n1. The lowest BCUT2D eigenvalue weighted by atomic mass is 10.1. The van der Waals surface area contributed by atoms with Crippen LogP contribution in [-0.4, -0.2) is 37.6 Å². The summed E-state index contributed by atoms with van der Waals surface area (Å²) in [5.74, 6) is 2.40. The molecule has 2 heterocycles. The van der Waals surface area contributed by atoms with Crippen LogP contribution in [-0.2, 0) is 13.2 Å². The molecule has 0 aliphatic heterocycles. The Morgan fingerprint density at radius 1 is 1.25 bits per heavy atom. The highest BCUT2D eigenvalue weighted by Crippen LogP contribution is 2.29. The molecule has 0 bridgehead atoms. The third-order valence-electron chi connectivity index (χ3n) is 4.43. The van der Waals surface area contributed by atoms with Gasteiger partial charge in [0.25, 0.3) is 0 Å². The van der Waals surface area contributed by atoms with Crippen molar-refractivity contribution in [3.05, 3.63) is 64.0 Å². The van der Waals surface area contributed by atoms with Crippen molar-refractivity contribution >= 4 is 11.3 Å². The van der Waals surface area contributed by atoms with Crippen molar-refractivity contribution in [2.45, 2.75) is 26.1 Å². The van der Waals surface area contributed by atoms with Crippen LogP contribution in [0, 0.1) is 6.92 Å². The van der Waals surface area contributed by atoms with Gasteiger partial charge in [0.05, 0.1) is 30.1 Å². The first-order chi connectivity index (χ1) is 13.6. The van der Waals surface area contributed by atoms with Gasteiger partial charge in [-0.05, 0) is 50.8 Å². The number of ether oxygens (including phenoxy) is 2. The van der Waals surface area contributed by atoms with Crippen LogP contribution in [0.25, 0.3) is 0 Å². The molecule has 0 radical (unpaired) electrons. The molecule has 1 N–H and O–H groups in total. The molecule has 0 saturated carbocycles. The van der Waals surface area contributed by atoms with E-state index in [4.69, 9.17) is 13.9 Å². The van der Waals surface area contributed by atoms with Crippen LogP contribution < -0.4 is 14.8 Å². The summed E-state index contributed by atoms with van der Waals surface area (Å²) in [6, 6.07) is 10.1. The fraction of sp³-hybridized carbons (Fsp3) is 0.381. The molecule has 7 heteroatoms. The molecule has 2 aromatic heterocycles. The number of methoxy groups -OCH3 is 1. The number of hydrogen-bond donors (Lipinski definition) is 1. The van der Waals surface area contributed by atoms with Gasteiger partial charge < -0.3 is 19.2 Å². The van der Waals surface area contributed by atoms with Gasteiger partial charge >= 0.3 is 0 Å². The van der Waals surface area contributed by atoms with Gasteiger partial charge in [0.15, 0.2) is 11.5 Å². The molecule has 0 spiro atoms. The normalized spacial score (nSPS) is 12.3. The van der Waals surface area contributed by atoms with Gasteiger partial charge in [-0.15, -0.1) is 11.3 Å². The number of likely N-dealkylation sites (N-methyl/N-ethyl adjacent to an activating group) is 1. The second kappa shape index (κ2) is 9.73. The molecular formula is C21H27N3O3S. The first kappa shape index (κ1) is 20.4. The Morgan fingerprint density at radius 3 is 2.75 bits per heavy atom. The van der Waals surface area contributed by atoms with Crippen molar-refractivity contribution in [2.75, 3.05) is 27.7 Å². The Balaban J connectivity index is 1.57. The van der Waals surface area contributed by atoms with Gasteiger partial charge in [0, 0.05) is 18.5 Å². The Kier molecular flexibility index (Phi) is 7.08. The Morgan fingerprint density at radius 2 is 2.11 bits per heavy atom. The molecule has 0 aliphatic carbocycles. The van der Waals surface area contributed by atoms with E-state index in [1.807, 2.05) is 50.7 Å². The Hall–Kier alpha value is -2.35. The molecule has 150 valence electrons. The predicted octanol–water partition coefficient (Wildman–Crippen LogP) is 4.02. The smallest absolute Gasteiger partial charge is 0.161 e. The average molecular weight is 402 g/mol. The number of benzene rings is 1. The maximum atomic E-state index is 5.89. The number of aryl methyl sites for hydroxylation is 1. The first-order valence-electron chi connectivity index (χ1n) is 9.18. The molecule has 1 aromatic carbocycles. The first-order valence-corrected chi connectivity index (χ1v) is 10.1. The molecule has 28 heavy (non-hydrogen) atoms. The van der Waals surface area contributed by atoms with Crippen LogP contribution in [0.3, 0.4) is 0 Å². The van der Waals surface area contributed by atoms with Crippen molar-refractivity contribution in [3.8, 4) is 11.5 Å². The lowest BCUT2D eigenvalue weighted by Crippen LogP contribution is -2.30. The molecule has 0 saturated heterocycles. The van der Waals surface area contributed by atoms with E-state index in [1.165, 1.54) is 0 Å². The minimum absolute atomic E-state index is 0.182. The summed E-state index contributed by atoms with van der Waals surface area (Å²) in [7, 11) is 5.76. The topological polar surface area (TPSA) is 59.8 Å². The van der Waals surface area contributed by atoms with Gasteiger partial charge in [-0.1, -0.05) is 6.07 Å². The summed E-state index contributed by atoms with van der Waals surface area (Å²) in [6.45, 7) is 3.94. The molecule has 1 atom stereocenters. The van der Waals surface area contributed by atoms with Crippen LogP contribution in [0.5, 0.6) is 11.5 Å². The highest BCUT2D eigenvalue weighted by atomic mass is 32.1. The van der Waals surface area contributed by atoms with Gasteiger partial charge in [0.1, 0.15) is 12.4 Å². The quantitative estimate of drug-likeness (QED) is 0.554. The van der Waals surface area contributed by atoms with Crippen LogP contribution in [0.1, 0.15) is 28.1 Å². The lowest BCUT2D eigenvalue weighted by molar-refractivity contribution is 0.250. The molecule has 3 rings (SSSR count). The van der Waals surface area contributed by atoms with E-state index >= 15 is 0 Å². The molecular weight excluding hydrogens is 374 g/mol. The van der Waals surface area contributed by atoms with Crippen LogP contribution in [0.15, 0.2) is 46.4 Å². The maximum absolute atomic E-state index is 5.89. The Labute approximate surface area is 170 Å². The van der Waals surface area contributed by atoms with Crippen molar-refractivity contribution in [3.63, 3.8) is 0 Å². The summed E-state index contributed by atoms with van der Waals surface area (Å²) >= 11 is 1.62. The van der Waals surface area contributed by atoms with Crippen molar-refractivity contribution in [1.29, 1.82) is 0 Å². The van der Waals surface area contributed by atoms with E-state index in [9.17, 15) is 0 Å². The van der Waals surface area contributed by atoms with Gasteiger partial charge in [0.2, 0.25) is 0 Å². The van der Waals surface area contributed by atoms with E-state index < -0.39 is 0 Å². The summed E-state index contributed by atoms with van der Waals surface area (Å²) in [4.78, 5) is 6.56. The van der Waals surface area contributed by atoms with Gasteiger partial charge in [-0.3, -0.25) is 4.90 Å². The number of rotatable bonds is 10. The van der Waals surface area contributed by atoms with Crippen molar-refractivity contribution < 1.29 is 13.9 Å². The Bertz CT molecular complexity index is 862. The van der Waals surface area contributed by atoms with Gasteiger partial charge in [-0.25, -0.2) is 4.98 Å². The molecule has 6 nitrogen and oxygen atoms in total. The summed E-state index contributed by atoms with van der Waals surface area (Å²) in [5, 5.41) is 6.55. The summed E-state index contributed by atoms with van der Waals surface area (Å²) in [6.07, 6.45) is 1.71. The number of thiazole rings is 1. The molecule has 0 fully saturated rings. The lowest BCUT2D eigenvalue weighted by Gasteiger charge is -2.22. The van der Waals surface area contributed by atoms with E-state index in [0.29, 0.717) is 6.61 Å². The van der Waals surface area contributed by atoms with E-state index in [0.717, 1.165) is 46.6 Å². The standard InChI is InChI=1S/C21H27N3O3S/c1-15-23-17(14-28-15)13-27-20-8-7-16(10-21(20)25-4)11-22-12-18(24(2)3)19-6-5-9-26-19/h5-10,14,18,22H,11-13H2,1-4H3/t18-/m1/s1. The molecule has 0 unspecified atom stereocenters. The monoisotopic (exact) mass is 401 g/mol. The molecule has 3 aromatic rings. The predicted molar refractivity (Wildman–Crippen MR) is 111 cm³/mol. The largest absolute Gasteiger partial charge is 0.493 e. The van der Waals surface area contributed by atoms with Crippen molar-refractivity contribution in [2.24, 2.45) is 0 Å². The second-order valence-corrected chi connectivity index (χ2v) is 7.82. The number of aromatic nitrogens is 1. The average Bonchev–Trinajstić information content (AvgIpc) is 3.35. The third-order valence-corrected chi connectivity index (χ3v) is 5.25. The number of nitrogens with zero attached hydrogens (tertiary/aromatic N) is 2. The number of hydrogen-bond acceptors (Lipinski definition) is 7. The second-order valence-electron chi connectivity index (χ2n) is 6.76. The maximum Gasteiger partial charge on any atom is 0.161 e. The fourth-order valence-corrected chi connectivity index (χ4v) is 3.54. The van der Waals surface area contributed by atoms with Crippen LogP contribution in [0.4, 0.5) is 0 Å². The summed E-state index contributed by atoms with van der Waals surface area (Å²) in [5.41, 5.74) is 2.06. The zero-order valence-corrected chi connectivity index (χ0v) is 17.6. The fourth-order valence-electron chi connectivity index (χ4n) is 2.94. The highest BCUT2D eigenvalue weighted by molar-refractivity contribution is 7.09. The van der Waals surface area contributed by atoms with Crippen LogP contribution >= 0.6 is 11.3 Å². The third kappa shape index (κ3) is 5.34. The summed E-state index contributed by atoms with van der Waals surface area (Å²) < 4.78 is 16.9. The van der Waals surface area contributed by atoms with Gasteiger partial charge in [-0.2, -0.15) is 0 Å². The van der Waals surface area contributed by atoms with E-state index in [-0.39, 0.29) is 6.04 Å². The molecule has 0 aliphatic rings. The minimum Gasteiger partial charge on any atom is -0.493 e. The number of nitrogens with one attached hydrogen (secondary N) is 1. The zero-order chi connectivity index (χ0) is 19.9. The van der Waals surface area contributed by atoms with E-state index in [1.54, 1.807) is 24.7 Å². The van der Waals surface area contributed by atoms with Crippen molar-refractivity contribution in [1.82, 2.24) is 15.2 Å². The van der Waals surface area contributed by atoms with E-state index in [2.05, 4.69) is 21.3 Å². The molecule has 0 amide bonds. The number of furan rings is 1. The highest BCUT2D eigenvalue weighted by Gasteiger charge is 2.16. The zero-order valence-electron chi connectivity index (χ0n) is 16.8.